The maximum absolute atomic E-state index is 13.3. The number of methoxy groups -OCH3 is 1. The molecule has 0 N–H and O–H groups in total. The summed E-state index contributed by atoms with van der Waals surface area (Å²) in [5.74, 6) is 0.133. The smallest absolute Gasteiger partial charge is 0.255 e. The van der Waals surface area contributed by atoms with Gasteiger partial charge in [0.15, 0.2) is 0 Å². The molecular formula is C24H33ClN4O2. The molecule has 168 valence electrons. The van der Waals surface area contributed by atoms with Crippen molar-refractivity contribution in [3.63, 3.8) is 0 Å². The molecule has 0 saturated carbocycles. The number of halogens is 1. The van der Waals surface area contributed by atoms with Crippen LogP contribution in [0.5, 0.6) is 0 Å². The monoisotopic (exact) mass is 444 g/mol. The quantitative estimate of drug-likeness (QED) is 0.677. The van der Waals surface area contributed by atoms with Crippen molar-refractivity contribution in [3.8, 4) is 0 Å². The van der Waals surface area contributed by atoms with E-state index in [2.05, 4.69) is 40.3 Å². The van der Waals surface area contributed by atoms with Crippen LogP contribution >= 0.6 is 11.6 Å². The van der Waals surface area contributed by atoms with E-state index in [1.165, 1.54) is 5.69 Å². The van der Waals surface area contributed by atoms with Crippen molar-refractivity contribution in [2.75, 3.05) is 51.3 Å². The summed E-state index contributed by atoms with van der Waals surface area (Å²) in [6.07, 6.45) is 2.85. The van der Waals surface area contributed by atoms with E-state index < -0.39 is 0 Å². The molecule has 1 fully saturated rings. The lowest BCUT2D eigenvalue weighted by molar-refractivity contribution is -0.00339. The molecular weight excluding hydrogens is 412 g/mol. The average Bonchev–Trinajstić information content (AvgIpc) is 3.18. The Balaban J connectivity index is 1.59. The average molecular weight is 445 g/mol. The van der Waals surface area contributed by atoms with Gasteiger partial charge in [0.25, 0.3) is 5.91 Å². The Morgan fingerprint density at radius 2 is 1.77 bits per heavy atom. The second-order valence-corrected chi connectivity index (χ2v) is 8.81. The first kappa shape index (κ1) is 22.2. The van der Waals surface area contributed by atoms with Gasteiger partial charge in [0.1, 0.15) is 6.10 Å². The molecule has 0 aliphatic carbocycles. The number of ether oxygens (including phenoxy) is 1. The van der Waals surface area contributed by atoms with E-state index in [1.54, 1.807) is 7.11 Å². The van der Waals surface area contributed by atoms with Gasteiger partial charge in [-0.3, -0.25) is 9.69 Å². The Morgan fingerprint density at radius 1 is 1.06 bits per heavy atom. The van der Waals surface area contributed by atoms with E-state index in [4.69, 9.17) is 16.3 Å². The zero-order valence-corrected chi connectivity index (χ0v) is 19.5. The first-order valence-electron chi connectivity index (χ1n) is 11.3. The highest BCUT2D eigenvalue weighted by Gasteiger charge is 2.40. The van der Waals surface area contributed by atoms with Crippen molar-refractivity contribution in [2.24, 2.45) is 0 Å². The number of rotatable bonds is 6. The fourth-order valence-corrected chi connectivity index (χ4v) is 5.14. The number of nitrogens with zero attached hydrogens (tertiary/aromatic N) is 4. The van der Waals surface area contributed by atoms with Gasteiger partial charge in [-0.05, 0) is 43.7 Å². The van der Waals surface area contributed by atoms with E-state index in [9.17, 15) is 4.79 Å². The highest BCUT2D eigenvalue weighted by atomic mass is 35.5. The number of amides is 1. The molecule has 31 heavy (non-hydrogen) atoms. The minimum Gasteiger partial charge on any atom is -0.373 e. The zero-order chi connectivity index (χ0) is 22.0. The molecule has 1 aromatic carbocycles. The number of carbonyl (C=O) groups is 1. The fraction of sp³-hybridized carbons (Fsp3) is 0.542. The third-order valence-corrected chi connectivity index (χ3v) is 6.87. The first-order chi connectivity index (χ1) is 15.1. The summed E-state index contributed by atoms with van der Waals surface area (Å²) in [4.78, 5) is 20.3. The third-order valence-electron chi connectivity index (χ3n) is 6.61. The highest BCUT2D eigenvalue weighted by molar-refractivity contribution is 6.30. The van der Waals surface area contributed by atoms with E-state index in [-0.39, 0.29) is 18.1 Å². The van der Waals surface area contributed by atoms with Crippen LogP contribution in [-0.2, 0) is 11.3 Å². The molecule has 2 aromatic rings. The van der Waals surface area contributed by atoms with Gasteiger partial charge in [0.2, 0.25) is 0 Å². The summed E-state index contributed by atoms with van der Waals surface area (Å²) in [5, 5.41) is 0.763. The lowest BCUT2D eigenvalue weighted by atomic mass is 10.0. The van der Waals surface area contributed by atoms with Crippen LogP contribution in [0.3, 0.4) is 0 Å². The Hall–Kier alpha value is -2.02. The fourth-order valence-electron chi connectivity index (χ4n) is 5.02. The van der Waals surface area contributed by atoms with Crippen molar-refractivity contribution in [2.45, 2.75) is 39.0 Å². The first-order valence-corrected chi connectivity index (χ1v) is 11.7. The predicted octanol–water partition coefficient (Wildman–Crippen LogP) is 3.91. The van der Waals surface area contributed by atoms with Crippen LogP contribution in [0.4, 0.5) is 5.69 Å². The number of aryl methyl sites for hydroxylation is 1. The van der Waals surface area contributed by atoms with Gasteiger partial charge in [-0.25, -0.2) is 0 Å². The van der Waals surface area contributed by atoms with Gasteiger partial charge in [-0.1, -0.05) is 18.5 Å². The number of hydrogen-bond acceptors (Lipinski definition) is 4. The second-order valence-electron chi connectivity index (χ2n) is 8.37. The van der Waals surface area contributed by atoms with E-state index >= 15 is 0 Å². The maximum Gasteiger partial charge on any atom is 0.255 e. The number of carbonyl (C=O) groups excluding carboxylic acids is 1. The van der Waals surface area contributed by atoms with E-state index in [1.807, 2.05) is 29.3 Å². The molecule has 2 atom stereocenters. The normalized spacial score (nSPS) is 22.5. The molecule has 1 saturated heterocycles. The topological polar surface area (TPSA) is 41.0 Å². The van der Waals surface area contributed by atoms with Gasteiger partial charge < -0.3 is 19.1 Å². The van der Waals surface area contributed by atoms with Crippen LogP contribution in [0.2, 0.25) is 5.02 Å². The van der Waals surface area contributed by atoms with Gasteiger partial charge in [-0.2, -0.15) is 0 Å². The molecule has 6 nitrogen and oxygen atoms in total. The summed E-state index contributed by atoms with van der Waals surface area (Å²) >= 11 is 6.06. The highest BCUT2D eigenvalue weighted by Crippen LogP contribution is 2.34. The maximum atomic E-state index is 13.3. The molecule has 0 spiro atoms. The standard InChI is InChI=1S/C24H33ClN4O2/c1-4-11-29-17-21(23(31-3)22-20(24(29)30)10-12-26(22)5-2)28-15-13-27(14-16-28)19-8-6-18(25)7-9-19/h6-10,12,21,23H,4-5,11,13-17H2,1-3H3. The van der Waals surface area contributed by atoms with Gasteiger partial charge in [0.05, 0.1) is 17.3 Å². The largest absolute Gasteiger partial charge is 0.373 e. The third kappa shape index (κ3) is 4.34. The second kappa shape index (κ2) is 9.63. The van der Waals surface area contributed by atoms with Crippen LogP contribution in [-0.4, -0.2) is 72.7 Å². The summed E-state index contributed by atoms with van der Waals surface area (Å²) in [5.41, 5.74) is 3.03. The summed E-state index contributed by atoms with van der Waals surface area (Å²) in [6, 6.07) is 10.2. The summed E-state index contributed by atoms with van der Waals surface area (Å²) < 4.78 is 8.27. The molecule has 1 aromatic heterocycles. The lowest BCUT2D eigenvalue weighted by Crippen LogP contribution is -2.55. The molecule has 0 bridgehead atoms. The minimum atomic E-state index is -0.127. The van der Waals surface area contributed by atoms with Crippen molar-refractivity contribution in [1.82, 2.24) is 14.4 Å². The molecule has 7 heteroatoms. The molecule has 4 rings (SSSR count). The Kier molecular flexibility index (Phi) is 6.89. The summed E-state index contributed by atoms with van der Waals surface area (Å²) in [7, 11) is 1.78. The zero-order valence-electron chi connectivity index (χ0n) is 18.8. The van der Waals surface area contributed by atoms with Crippen LogP contribution in [0.15, 0.2) is 36.5 Å². The van der Waals surface area contributed by atoms with Crippen molar-refractivity contribution < 1.29 is 9.53 Å². The minimum absolute atomic E-state index is 0.127. The number of benzene rings is 1. The molecule has 2 aliphatic heterocycles. The molecule has 0 radical (unpaired) electrons. The van der Waals surface area contributed by atoms with Gasteiger partial charge >= 0.3 is 0 Å². The number of aromatic nitrogens is 1. The summed E-state index contributed by atoms with van der Waals surface area (Å²) in [6.45, 7) is 10.3. The number of fused-ring (bicyclic) bond motifs is 1. The predicted molar refractivity (Wildman–Crippen MR) is 125 cm³/mol. The van der Waals surface area contributed by atoms with E-state index in [0.29, 0.717) is 6.54 Å². The Morgan fingerprint density at radius 3 is 2.39 bits per heavy atom. The van der Waals surface area contributed by atoms with Gasteiger partial charge in [-0.15, -0.1) is 0 Å². The lowest BCUT2D eigenvalue weighted by Gasteiger charge is -2.43. The Labute approximate surface area is 190 Å². The van der Waals surface area contributed by atoms with Crippen molar-refractivity contribution in [1.29, 1.82) is 0 Å². The molecule has 3 heterocycles. The van der Waals surface area contributed by atoms with Crippen LogP contribution in [0.25, 0.3) is 0 Å². The number of hydrogen-bond donors (Lipinski definition) is 0. The van der Waals surface area contributed by atoms with Crippen LogP contribution < -0.4 is 4.90 Å². The van der Waals surface area contributed by atoms with Crippen molar-refractivity contribution in [3.05, 3.63) is 52.8 Å². The van der Waals surface area contributed by atoms with Crippen molar-refractivity contribution >= 4 is 23.2 Å². The number of piperazine rings is 1. The van der Waals surface area contributed by atoms with Crippen LogP contribution in [0, 0.1) is 0 Å². The molecule has 2 unspecified atom stereocenters. The van der Waals surface area contributed by atoms with Gasteiger partial charge in [0, 0.05) is 69.8 Å². The SMILES string of the molecule is CCCN1CC(N2CCN(c3ccc(Cl)cc3)CC2)C(OC)c2c(ccn2CC)C1=O. The molecule has 2 aliphatic rings. The Bertz CT molecular complexity index is 889. The van der Waals surface area contributed by atoms with Crippen LogP contribution in [0.1, 0.15) is 42.4 Å². The molecule has 1 amide bonds. The number of anilines is 1. The van der Waals surface area contributed by atoms with E-state index in [0.717, 1.165) is 62.0 Å².